The summed E-state index contributed by atoms with van der Waals surface area (Å²) in [5, 5.41) is 6.72. The molecule has 1 saturated carbocycles. The van der Waals surface area contributed by atoms with Gasteiger partial charge in [0, 0.05) is 24.7 Å². The highest BCUT2D eigenvalue weighted by atomic mass is 32.1. The van der Waals surface area contributed by atoms with Crippen LogP contribution in [0.5, 0.6) is 5.75 Å². The molecule has 1 aliphatic carbocycles. The molecule has 7 nitrogen and oxygen atoms in total. The van der Waals surface area contributed by atoms with Gasteiger partial charge in [0.25, 0.3) is 5.91 Å². The van der Waals surface area contributed by atoms with Crippen LogP contribution in [0.2, 0.25) is 0 Å². The number of halogens is 3. The third kappa shape index (κ3) is 4.79. The van der Waals surface area contributed by atoms with Crippen molar-refractivity contribution in [1.29, 1.82) is 0 Å². The van der Waals surface area contributed by atoms with Crippen molar-refractivity contribution < 1.29 is 22.7 Å². The second-order valence-electron chi connectivity index (χ2n) is 8.33. The molecule has 2 N–H and O–H groups in total. The van der Waals surface area contributed by atoms with Gasteiger partial charge in [-0.15, -0.1) is 13.2 Å². The van der Waals surface area contributed by atoms with Crippen molar-refractivity contribution in [2.24, 2.45) is 7.05 Å². The average Bonchev–Trinajstić information content (AvgIpc) is 3.33. The first-order chi connectivity index (χ1) is 16.2. The summed E-state index contributed by atoms with van der Waals surface area (Å²) in [5.41, 5.74) is 2.59. The second kappa shape index (κ2) is 8.79. The van der Waals surface area contributed by atoms with E-state index in [1.54, 1.807) is 12.1 Å². The number of rotatable bonds is 5. The van der Waals surface area contributed by atoms with Crippen LogP contribution in [0.1, 0.15) is 42.5 Å². The quantitative estimate of drug-likeness (QED) is 0.366. The van der Waals surface area contributed by atoms with E-state index in [2.05, 4.69) is 25.3 Å². The molecular weight excluding hydrogens is 467 g/mol. The molecule has 0 aliphatic heterocycles. The van der Waals surface area contributed by atoms with Gasteiger partial charge in [0.15, 0.2) is 5.13 Å². The van der Waals surface area contributed by atoms with Crippen LogP contribution in [0, 0.1) is 0 Å². The van der Waals surface area contributed by atoms with E-state index in [1.807, 2.05) is 17.7 Å². The molecule has 2 aromatic carbocycles. The molecule has 2 aromatic heterocycles. The molecule has 0 bridgehead atoms. The summed E-state index contributed by atoms with van der Waals surface area (Å²) in [6.45, 7) is 0. The first-order valence-corrected chi connectivity index (χ1v) is 11.8. The van der Waals surface area contributed by atoms with Crippen molar-refractivity contribution in [2.75, 3.05) is 5.32 Å². The molecule has 0 radical (unpaired) electrons. The van der Waals surface area contributed by atoms with Gasteiger partial charge in [-0.2, -0.15) is 0 Å². The molecule has 0 spiro atoms. The Kier molecular flexibility index (Phi) is 5.80. The normalized spacial score (nSPS) is 15.1. The zero-order valence-corrected chi connectivity index (χ0v) is 19.1. The Bertz CT molecular complexity index is 1360. The van der Waals surface area contributed by atoms with E-state index < -0.39 is 6.36 Å². The number of hydrogen-bond donors (Lipinski definition) is 2. The number of anilines is 2. The number of thiazole rings is 1. The Balaban J connectivity index is 1.36. The van der Waals surface area contributed by atoms with Crippen molar-refractivity contribution in [3.05, 3.63) is 42.0 Å². The summed E-state index contributed by atoms with van der Waals surface area (Å²) in [6, 6.07) is 9.63. The summed E-state index contributed by atoms with van der Waals surface area (Å²) < 4.78 is 43.8. The number of aryl methyl sites for hydroxylation is 1. The largest absolute Gasteiger partial charge is 0.573 e. The van der Waals surface area contributed by atoms with E-state index in [9.17, 15) is 18.0 Å². The third-order valence-corrected chi connectivity index (χ3v) is 6.83. The Hall–Kier alpha value is -3.34. The predicted molar refractivity (Wildman–Crippen MR) is 125 cm³/mol. The zero-order chi connectivity index (χ0) is 23.9. The first kappa shape index (κ1) is 22.5. The van der Waals surface area contributed by atoms with E-state index >= 15 is 0 Å². The molecule has 0 saturated heterocycles. The van der Waals surface area contributed by atoms with Crippen molar-refractivity contribution in [3.8, 4) is 5.75 Å². The van der Waals surface area contributed by atoms with Crippen LogP contribution in [-0.4, -0.2) is 32.8 Å². The van der Waals surface area contributed by atoms with Crippen LogP contribution in [0.4, 0.5) is 24.3 Å². The van der Waals surface area contributed by atoms with Crippen LogP contribution < -0.4 is 15.4 Å². The summed E-state index contributed by atoms with van der Waals surface area (Å²) in [7, 11) is 1.84. The van der Waals surface area contributed by atoms with Gasteiger partial charge in [-0.3, -0.25) is 4.79 Å². The summed E-state index contributed by atoms with van der Waals surface area (Å²) in [6.07, 6.45) is 0.774. The fourth-order valence-electron chi connectivity index (χ4n) is 4.22. The molecule has 34 heavy (non-hydrogen) atoms. The molecule has 1 amide bonds. The molecule has 4 aromatic rings. The highest BCUT2D eigenvalue weighted by molar-refractivity contribution is 7.22. The highest BCUT2D eigenvalue weighted by Gasteiger charge is 2.31. The van der Waals surface area contributed by atoms with Crippen molar-refractivity contribution >= 4 is 49.6 Å². The maximum atomic E-state index is 12.7. The number of carbonyl (C=O) groups is 1. The van der Waals surface area contributed by atoms with E-state index in [0.29, 0.717) is 32.4 Å². The minimum Gasteiger partial charge on any atom is -0.406 e. The number of benzene rings is 2. The van der Waals surface area contributed by atoms with E-state index in [1.165, 1.54) is 36.0 Å². The van der Waals surface area contributed by atoms with Gasteiger partial charge < -0.3 is 19.9 Å². The summed E-state index contributed by atoms with van der Waals surface area (Å²) in [4.78, 5) is 21.7. The monoisotopic (exact) mass is 489 g/mol. The van der Waals surface area contributed by atoms with E-state index in [-0.39, 0.29) is 17.7 Å². The standard InChI is InChI=1S/C23H22F3N5O2S/c1-31-18-10-7-13(20(32)27-14-5-3-2-4-6-14)11-17(18)28-21(31)30-22-29-16-9-8-15(12-19(16)34-22)33-23(24,25)26/h7-12,14H,2-6H2,1H3,(H,27,32)(H,28,29,30). The lowest BCUT2D eigenvalue weighted by Crippen LogP contribution is -2.36. The summed E-state index contributed by atoms with van der Waals surface area (Å²) >= 11 is 1.19. The number of nitrogens with one attached hydrogen (secondary N) is 2. The lowest BCUT2D eigenvalue weighted by atomic mass is 9.95. The lowest BCUT2D eigenvalue weighted by molar-refractivity contribution is -0.274. The lowest BCUT2D eigenvalue weighted by Gasteiger charge is -2.22. The van der Waals surface area contributed by atoms with Gasteiger partial charge in [-0.05, 0) is 43.2 Å². The fourth-order valence-corrected chi connectivity index (χ4v) is 5.11. The maximum absolute atomic E-state index is 12.7. The van der Waals surface area contributed by atoms with Crippen LogP contribution in [0.25, 0.3) is 21.3 Å². The molecule has 1 aliphatic rings. The number of nitrogens with zero attached hydrogens (tertiary/aromatic N) is 3. The smallest absolute Gasteiger partial charge is 0.406 e. The molecule has 2 heterocycles. The first-order valence-electron chi connectivity index (χ1n) is 11.0. The number of alkyl halides is 3. The Morgan fingerprint density at radius 3 is 2.65 bits per heavy atom. The molecule has 5 rings (SSSR count). The van der Waals surface area contributed by atoms with Crippen molar-refractivity contribution in [3.63, 3.8) is 0 Å². The molecular formula is C23H22F3N5O2S. The Labute approximate surface area is 197 Å². The SMILES string of the molecule is Cn1c(Nc2nc3ccc(OC(F)(F)F)cc3s2)nc2cc(C(=O)NC3CCCCC3)ccc21. The maximum Gasteiger partial charge on any atom is 0.573 e. The summed E-state index contributed by atoms with van der Waals surface area (Å²) in [5.74, 6) is 0.111. The van der Waals surface area contributed by atoms with E-state index in [4.69, 9.17) is 0 Å². The van der Waals surface area contributed by atoms with Crippen LogP contribution in [-0.2, 0) is 7.05 Å². The number of ether oxygens (including phenoxy) is 1. The Morgan fingerprint density at radius 1 is 1.09 bits per heavy atom. The highest BCUT2D eigenvalue weighted by Crippen LogP contribution is 2.33. The average molecular weight is 490 g/mol. The van der Waals surface area contributed by atoms with Crippen molar-refractivity contribution in [1.82, 2.24) is 19.9 Å². The number of amides is 1. The predicted octanol–water partition coefficient (Wildman–Crippen LogP) is 5.89. The van der Waals surface area contributed by atoms with E-state index in [0.717, 1.165) is 31.2 Å². The van der Waals surface area contributed by atoms with Crippen LogP contribution in [0.3, 0.4) is 0 Å². The van der Waals surface area contributed by atoms with Gasteiger partial charge in [-0.25, -0.2) is 9.97 Å². The molecule has 0 unspecified atom stereocenters. The molecule has 0 atom stereocenters. The topological polar surface area (TPSA) is 81.1 Å². The fraction of sp³-hybridized carbons (Fsp3) is 0.348. The second-order valence-corrected chi connectivity index (χ2v) is 9.36. The number of fused-ring (bicyclic) bond motifs is 2. The number of imidazole rings is 1. The molecule has 1 fully saturated rings. The van der Waals surface area contributed by atoms with Gasteiger partial charge in [-0.1, -0.05) is 30.6 Å². The van der Waals surface area contributed by atoms with Crippen molar-refractivity contribution in [2.45, 2.75) is 44.5 Å². The van der Waals surface area contributed by atoms with Crippen LogP contribution in [0.15, 0.2) is 36.4 Å². The zero-order valence-electron chi connectivity index (χ0n) is 18.3. The third-order valence-electron chi connectivity index (χ3n) is 5.90. The van der Waals surface area contributed by atoms with Gasteiger partial charge in [0.05, 0.1) is 21.3 Å². The van der Waals surface area contributed by atoms with Gasteiger partial charge >= 0.3 is 6.36 Å². The van der Waals surface area contributed by atoms with Gasteiger partial charge in [0.1, 0.15) is 5.75 Å². The number of hydrogen-bond acceptors (Lipinski definition) is 6. The Morgan fingerprint density at radius 2 is 1.88 bits per heavy atom. The minimum atomic E-state index is -4.75. The minimum absolute atomic E-state index is 0.1000. The number of aromatic nitrogens is 3. The van der Waals surface area contributed by atoms with Crippen LogP contribution >= 0.6 is 11.3 Å². The molecule has 11 heteroatoms. The number of carbonyl (C=O) groups excluding carboxylic acids is 1. The van der Waals surface area contributed by atoms with Gasteiger partial charge in [0.2, 0.25) is 5.95 Å². The molecule has 178 valence electrons.